The fourth-order valence-corrected chi connectivity index (χ4v) is 4.38. The molecule has 1 fully saturated rings. The summed E-state index contributed by atoms with van der Waals surface area (Å²) in [6.45, 7) is 4.36. The number of carbonyl (C=O) groups excluding carboxylic acids is 2. The Morgan fingerprint density at radius 1 is 0.828 bits per heavy atom. The molecule has 1 heterocycles. The molecule has 0 atom stereocenters. The van der Waals surface area contributed by atoms with Crippen LogP contribution in [0.3, 0.4) is 0 Å². The van der Waals surface area contributed by atoms with Gasteiger partial charge in [0.15, 0.2) is 0 Å². The van der Waals surface area contributed by atoms with E-state index in [1.54, 1.807) is 11.8 Å². The van der Waals surface area contributed by atoms with Crippen LogP contribution in [-0.2, 0) is 4.79 Å². The minimum atomic E-state index is 0.0441. The van der Waals surface area contributed by atoms with Crippen LogP contribution in [0, 0.1) is 6.92 Å². The van der Waals surface area contributed by atoms with E-state index in [2.05, 4.69) is 30.3 Å². The van der Waals surface area contributed by atoms with Crippen molar-refractivity contribution in [1.82, 2.24) is 9.80 Å². The van der Waals surface area contributed by atoms with Crippen LogP contribution in [0.4, 0.5) is 0 Å². The lowest BCUT2D eigenvalue weighted by atomic mass is 10.1. The quantitative estimate of drug-likeness (QED) is 0.611. The van der Waals surface area contributed by atoms with Gasteiger partial charge in [-0.25, -0.2) is 0 Å². The molecule has 1 aliphatic rings. The van der Waals surface area contributed by atoms with Gasteiger partial charge in [-0.05, 0) is 42.0 Å². The summed E-state index contributed by atoms with van der Waals surface area (Å²) in [5, 5.41) is 2.39. The van der Waals surface area contributed by atoms with Crippen molar-refractivity contribution in [3.8, 4) is 0 Å². The Balaban J connectivity index is 1.29. The third-order valence-corrected chi connectivity index (χ3v) is 6.28. The normalized spacial score (nSPS) is 14.2. The molecule has 0 aliphatic carbocycles. The fourth-order valence-electron chi connectivity index (χ4n) is 3.53. The summed E-state index contributed by atoms with van der Waals surface area (Å²) in [6.07, 6.45) is 0. The number of nitrogens with zero attached hydrogens (tertiary/aromatic N) is 2. The van der Waals surface area contributed by atoms with Gasteiger partial charge in [0.05, 0.1) is 5.75 Å². The number of benzene rings is 3. The van der Waals surface area contributed by atoms with Crippen molar-refractivity contribution in [2.45, 2.75) is 11.8 Å². The molecule has 148 valence electrons. The first kappa shape index (κ1) is 19.5. The number of thioether (sulfide) groups is 1. The molecule has 5 heteroatoms. The molecule has 0 aromatic heterocycles. The Kier molecular flexibility index (Phi) is 5.86. The largest absolute Gasteiger partial charge is 0.338 e. The molecule has 0 unspecified atom stereocenters. The third-order valence-electron chi connectivity index (χ3n) is 5.30. The Morgan fingerprint density at radius 3 is 2.21 bits per heavy atom. The Bertz CT molecular complexity index is 1020. The molecule has 4 rings (SSSR count). The molecule has 3 aromatic rings. The molecule has 1 saturated heterocycles. The highest BCUT2D eigenvalue weighted by molar-refractivity contribution is 8.00. The molecular formula is C24H24N2O2S. The van der Waals surface area contributed by atoms with Crippen molar-refractivity contribution in [2.75, 3.05) is 31.9 Å². The first-order valence-corrected chi connectivity index (χ1v) is 10.8. The van der Waals surface area contributed by atoms with E-state index < -0.39 is 0 Å². The van der Waals surface area contributed by atoms with Gasteiger partial charge in [0.25, 0.3) is 5.91 Å². The lowest BCUT2D eigenvalue weighted by Crippen LogP contribution is -2.51. The van der Waals surface area contributed by atoms with Gasteiger partial charge in [-0.15, -0.1) is 11.8 Å². The lowest BCUT2D eigenvalue weighted by Gasteiger charge is -2.34. The van der Waals surface area contributed by atoms with Gasteiger partial charge in [0.2, 0.25) is 5.91 Å². The number of hydrogen-bond acceptors (Lipinski definition) is 3. The van der Waals surface area contributed by atoms with Crippen LogP contribution >= 0.6 is 11.8 Å². The average molecular weight is 405 g/mol. The maximum Gasteiger partial charge on any atom is 0.253 e. The van der Waals surface area contributed by atoms with E-state index in [1.807, 2.05) is 53.1 Å². The summed E-state index contributed by atoms with van der Waals surface area (Å²) in [5.41, 5.74) is 1.85. The minimum absolute atomic E-state index is 0.0441. The number of carbonyl (C=O) groups is 2. The number of fused-ring (bicyclic) bond motifs is 1. The summed E-state index contributed by atoms with van der Waals surface area (Å²) in [6, 6.07) is 22.2. The average Bonchev–Trinajstić information content (AvgIpc) is 2.77. The minimum Gasteiger partial charge on any atom is -0.338 e. The second-order valence-corrected chi connectivity index (χ2v) is 8.39. The standard InChI is InChI=1S/C24H24N2O2S/c1-18-6-8-20(9-7-18)24(28)26-14-12-25(13-15-26)23(27)17-29-22-11-10-19-4-2-3-5-21(19)16-22/h2-11,16H,12-15,17H2,1H3. The van der Waals surface area contributed by atoms with E-state index in [1.165, 1.54) is 10.8 Å². The molecule has 0 spiro atoms. The van der Waals surface area contributed by atoms with Gasteiger partial charge < -0.3 is 9.80 Å². The Hall–Kier alpha value is -2.79. The molecule has 0 radical (unpaired) electrons. The second-order valence-electron chi connectivity index (χ2n) is 7.34. The maximum absolute atomic E-state index is 12.6. The van der Waals surface area contributed by atoms with E-state index in [0.717, 1.165) is 10.5 Å². The van der Waals surface area contributed by atoms with Gasteiger partial charge in [0, 0.05) is 36.6 Å². The number of amides is 2. The predicted octanol–water partition coefficient (Wildman–Crippen LogP) is 4.22. The molecule has 3 aromatic carbocycles. The van der Waals surface area contributed by atoms with E-state index in [-0.39, 0.29) is 11.8 Å². The van der Waals surface area contributed by atoms with Crippen molar-refractivity contribution in [3.05, 3.63) is 77.9 Å². The molecule has 0 bridgehead atoms. The zero-order valence-electron chi connectivity index (χ0n) is 16.5. The summed E-state index contributed by atoms with van der Waals surface area (Å²) >= 11 is 1.57. The van der Waals surface area contributed by atoms with Crippen LogP contribution in [0.25, 0.3) is 10.8 Å². The van der Waals surface area contributed by atoms with Gasteiger partial charge in [-0.1, -0.05) is 48.0 Å². The molecule has 4 nitrogen and oxygen atoms in total. The number of hydrogen-bond donors (Lipinski definition) is 0. The molecule has 0 saturated carbocycles. The van der Waals surface area contributed by atoms with Crippen molar-refractivity contribution in [3.63, 3.8) is 0 Å². The van der Waals surface area contributed by atoms with E-state index >= 15 is 0 Å². The number of rotatable bonds is 4. The highest BCUT2D eigenvalue weighted by atomic mass is 32.2. The first-order chi connectivity index (χ1) is 14.1. The third kappa shape index (κ3) is 4.62. The molecule has 29 heavy (non-hydrogen) atoms. The summed E-state index contributed by atoms with van der Waals surface area (Å²) in [5.74, 6) is 0.595. The first-order valence-electron chi connectivity index (χ1n) is 9.85. The highest BCUT2D eigenvalue weighted by Gasteiger charge is 2.24. The van der Waals surface area contributed by atoms with Gasteiger partial charge in [-0.3, -0.25) is 9.59 Å². The van der Waals surface area contributed by atoms with Crippen molar-refractivity contribution < 1.29 is 9.59 Å². The smallest absolute Gasteiger partial charge is 0.253 e. The van der Waals surface area contributed by atoms with Crippen LogP contribution in [0.5, 0.6) is 0 Å². The Morgan fingerprint density at radius 2 is 1.48 bits per heavy atom. The molecular weight excluding hydrogens is 380 g/mol. The zero-order chi connectivity index (χ0) is 20.2. The Labute approximate surface area is 175 Å². The molecule has 1 aliphatic heterocycles. The van der Waals surface area contributed by atoms with E-state index in [4.69, 9.17) is 0 Å². The van der Waals surface area contributed by atoms with Crippen molar-refractivity contribution >= 4 is 34.3 Å². The summed E-state index contributed by atoms with van der Waals surface area (Å²) in [7, 11) is 0. The zero-order valence-corrected chi connectivity index (χ0v) is 17.3. The topological polar surface area (TPSA) is 40.6 Å². The van der Waals surface area contributed by atoms with E-state index in [9.17, 15) is 9.59 Å². The van der Waals surface area contributed by atoms with Gasteiger partial charge in [-0.2, -0.15) is 0 Å². The number of aryl methyl sites for hydroxylation is 1. The van der Waals surface area contributed by atoms with Crippen LogP contribution in [-0.4, -0.2) is 53.5 Å². The highest BCUT2D eigenvalue weighted by Crippen LogP contribution is 2.24. The number of piperazine rings is 1. The van der Waals surface area contributed by atoms with Crippen molar-refractivity contribution in [2.24, 2.45) is 0 Å². The summed E-state index contributed by atoms with van der Waals surface area (Å²) in [4.78, 5) is 30.1. The fraction of sp³-hybridized carbons (Fsp3) is 0.250. The predicted molar refractivity (Wildman–Crippen MR) is 118 cm³/mol. The summed E-state index contributed by atoms with van der Waals surface area (Å²) < 4.78 is 0. The molecule has 2 amide bonds. The van der Waals surface area contributed by atoms with Gasteiger partial charge >= 0.3 is 0 Å². The SMILES string of the molecule is Cc1ccc(C(=O)N2CCN(C(=O)CSc3ccc4ccccc4c3)CC2)cc1. The van der Waals surface area contributed by atoms with Crippen LogP contribution in [0.1, 0.15) is 15.9 Å². The van der Waals surface area contributed by atoms with Gasteiger partial charge in [0.1, 0.15) is 0 Å². The van der Waals surface area contributed by atoms with Crippen LogP contribution in [0.15, 0.2) is 71.6 Å². The lowest BCUT2D eigenvalue weighted by molar-refractivity contribution is -0.129. The monoisotopic (exact) mass is 404 g/mol. The van der Waals surface area contributed by atoms with E-state index in [0.29, 0.717) is 37.5 Å². The second kappa shape index (κ2) is 8.70. The molecule has 0 N–H and O–H groups in total. The van der Waals surface area contributed by atoms with Crippen LogP contribution in [0.2, 0.25) is 0 Å². The van der Waals surface area contributed by atoms with Crippen molar-refractivity contribution in [1.29, 1.82) is 0 Å². The maximum atomic E-state index is 12.6. The van der Waals surface area contributed by atoms with Crippen LogP contribution < -0.4 is 0 Å².